The van der Waals surface area contributed by atoms with Crippen molar-refractivity contribution in [3.8, 4) is 11.8 Å². The van der Waals surface area contributed by atoms with Crippen LogP contribution in [0.4, 0.5) is 0 Å². The first-order valence-corrected chi connectivity index (χ1v) is 5.48. The second-order valence-electron chi connectivity index (χ2n) is 3.83. The van der Waals surface area contributed by atoms with Crippen LogP contribution in [0.3, 0.4) is 0 Å². The van der Waals surface area contributed by atoms with Gasteiger partial charge in [-0.1, -0.05) is 23.7 Å². The maximum absolute atomic E-state index is 8.87. The maximum Gasteiger partial charge on any atom is 0.184 e. The molecule has 0 aliphatic rings. The van der Waals surface area contributed by atoms with E-state index in [1.807, 2.05) is 26.0 Å². The van der Waals surface area contributed by atoms with E-state index in [1.54, 1.807) is 13.0 Å². The average molecular weight is 232 g/mol. The molecule has 0 aliphatic carbocycles. The minimum absolute atomic E-state index is 0.469. The summed E-state index contributed by atoms with van der Waals surface area (Å²) in [6, 6.07) is 7.63. The predicted molar refractivity (Wildman–Crippen MR) is 65.5 cm³/mol. The molecule has 0 saturated carbocycles. The number of ether oxygens (including phenoxy) is 1. The third-order valence-electron chi connectivity index (χ3n) is 2.46. The number of nitrogens with zero attached hydrogens (tertiary/aromatic N) is 2. The Kier molecular flexibility index (Phi) is 4.53. The molecule has 1 rings (SSSR count). The van der Waals surface area contributed by atoms with E-state index in [2.05, 4.69) is 11.2 Å². The molecular weight excluding hydrogens is 216 g/mol. The summed E-state index contributed by atoms with van der Waals surface area (Å²) >= 11 is 0. The quantitative estimate of drug-likeness (QED) is 0.493. The monoisotopic (exact) mass is 232 g/mol. The van der Waals surface area contributed by atoms with Crippen LogP contribution in [0.15, 0.2) is 23.4 Å². The van der Waals surface area contributed by atoms with Gasteiger partial charge >= 0.3 is 0 Å². The largest absolute Gasteiger partial charge is 0.475 e. The predicted octanol–water partition coefficient (Wildman–Crippen LogP) is 2.87. The molecule has 1 unspecified atom stereocenters. The number of aryl methyl sites for hydroxylation is 1. The van der Waals surface area contributed by atoms with Crippen molar-refractivity contribution in [1.29, 1.82) is 5.26 Å². The standard InChI is InChI=1S/C13H16N2O2/c1-4-11(8-14)17-13-6-5-9(2)7-12(13)10(3)15-16/h5-7,11,16H,4H2,1-3H3. The van der Waals surface area contributed by atoms with Gasteiger partial charge in [-0.15, -0.1) is 0 Å². The zero-order chi connectivity index (χ0) is 12.8. The van der Waals surface area contributed by atoms with E-state index in [0.29, 0.717) is 23.4 Å². The molecule has 90 valence electrons. The smallest absolute Gasteiger partial charge is 0.184 e. The van der Waals surface area contributed by atoms with E-state index < -0.39 is 6.10 Å². The lowest BCUT2D eigenvalue weighted by Gasteiger charge is -2.14. The average Bonchev–Trinajstić information content (AvgIpc) is 2.36. The number of rotatable bonds is 4. The molecule has 1 aromatic carbocycles. The Hall–Kier alpha value is -2.02. The second kappa shape index (κ2) is 5.90. The first-order valence-electron chi connectivity index (χ1n) is 5.48. The molecular formula is C13H16N2O2. The van der Waals surface area contributed by atoms with Gasteiger partial charge in [-0.3, -0.25) is 0 Å². The summed E-state index contributed by atoms with van der Waals surface area (Å²) in [5.41, 5.74) is 2.22. The molecule has 1 atom stereocenters. The number of oxime groups is 1. The molecule has 0 saturated heterocycles. The van der Waals surface area contributed by atoms with Gasteiger partial charge < -0.3 is 9.94 Å². The summed E-state index contributed by atoms with van der Waals surface area (Å²) in [5.74, 6) is 0.569. The van der Waals surface area contributed by atoms with Crippen molar-refractivity contribution in [3.63, 3.8) is 0 Å². The van der Waals surface area contributed by atoms with Crippen LogP contribution in [0.2, 0.25) is 0 Å². The summed E-state index contributed by atoms with van der Waals surface area (Å²) in [6.45, 7) is 5.52. The van der Waals surface area contributed by atoms with Crippen molar-refractivity contribution in [2.75, 3.05) is 0 Å². The topological polar surface area (TPSA) is 65.6 Å². The highest BCUT2D eigenvalue weighted by Gasteiger charge is 2.12. The number of hydrogen-bond acceptors (Lipinski definition) is 4. The number of hydrogen-bond donors (Lipinski definition) is 1. The van der Waals surface area contributed by atoms with Gasteiger partial charge in [-0.2, -0.15) is 5.26 Å². The van der Waals surface area contributed by atoms with Crippen molar-refractivity contribution < 1.29 is 9.94 Å². The van der Waals surface area contributed by atoms with Crippen LogP contribution in [-0.4, -0.2) is 17.0 Å². The lowest BCUT2D eigenvalue weighted by atomic mass is 10.1. The number of nitriles is 1. The molecule has 0 aromatic heterocycles. The van der Waals surface area contributed by atoms with Crippen LogP contribution in [0.25, 0.3) is 0 Å². The summed E-state index contributed by atoms with van der Waals surface area (Å²) in [7, 11) is 0. The van der Waals surface area contributed by atoms with Crippen molar-refractivity contribution in [2.45, 2.75) is 33.3 Å². The third-order valence-corrected chi connectivity index (χ3v) is 2.46. The summed E-state index contributed by atoms with van der Waals surface area (Å²) < 4.78 is 5.57. The minimum Gasteiger partial charge on any atom is -0.475 e. The van der Waals surface area contributed by atoms with Gasteiger partial charge in [0.15, 0.2) is 6.10 Å². The fourth-order valence-electron chi connectivity index (χ4n) is 1.44. The molecule has 0 aliphatic heterocycles. The van der Waals surface area contributed by atoms with Crippen LogP contribution in [-0.2, 0) is 0 Å². The van der Waals surface area contributed by atoms with Gasteiger partial charge in [-0.25, -0.2) is 0 Å². The molecule has 0 bridgehead atoms. The van der Waals surface area contributed by atoms with Crippen molar-refractivity contribution in [3.05, 3.63) is 29.3 Å². The van der Waals surface area contributed by atoms with E-state index in [1.165, 1.54) is 0 Å². The molecule has 1 aromatic rings. The SMILES string of the molecule is CCC(C#N)Oc1ccc(C)cc1C(C)=NO. The maximum atomic E-state index is 8.87. The second-order valence-corrected chi connectivity index (χ2v) is 3.83. The molecule has 17 heavy (non-hydrogen) atoms. The van der Waals surface area contributed by atoms with Gasteiger partial charge in [0.05, 0.1) is 5.71 Å². The lowest BCUT2D eigenvalue weighted by Crippen LogP contribution is -2.14. The van der Waals surface area contributed by atoms with Gasteiger partial charge in [-0.05, 0) is 32.4 Å². The van der Waals surface area contributed by atoms with E-state index in [9.17, 15) is 0 Å². The highest BCUT2D eigenvalue weighted by molar-refractivity contribution is 6.00. The van der Waals surface area contributed by atoms with Gasteiger partial charge in [0, 0.05) is 5.56 Å². The van der Waals surface area contributed by atoms with Crippen LogP contribution in [0.1, 0.15) is 31.4 Å². The van der Waals surface area contributed by atoms with E-state index in [4.69, 9.17) is 15.2 Å². The minimum atomic E-state index is -0.483. The van der Waals surface area contributed by atoms with Crippen molar-refractivity contribution >= 4 is 5.71 Å². The Balaban J connectivity index is 3.11. The van der Waals surface area contributed by atoms with E-state index in [-0.39, 0.29) is 0 Å². The molecule has 4 heteroatoms. The Labute approximate surface area is 101 Å². The normalized spacial score (nSPS) is 12.9. The summed E-state index contributed by atoms with van der Waals surface area (Å²) in [5, 5.41) is 20.9. The highest BCUT2D eigenvalue weighted by atomic mass is 16.5. The third kappa shape index (κ3) is 3.22. The fourth-order valence-corrected chi connectivity index (χ4v) is 1.44. The van der Waals surface area contributed by atoms with Crippen LogP contribution in [0.5, 0.6) is 5.75 Å². The Morgan fingerprint density at radius 3 is 2.82 bits per heavy atom. The first-order chi connectivity index (χ1) is 8.12. The molecule has 0 amide bonds. The molecule has 0 fully saturated rings. The molecule has 0 spiro atoms. The molecule has 0 heterocycles. The number of benzene rings is 1. The zero-order valence-electron chi connectivity index (χ0n) is 10.3. The Bertz CT molecular complexity index is 461. The first kappa shape index (κ1) is 13.0. The Morgan fingerprint density at radius 1 is 1.59 bits per heavy atom. The van der Waals surface area contributed by atoms with Crippen LogP contribution in [0, 0.1) is 18.3 Å². The fraction of sp³-hybridized carbons (Fsp3) is 0.385. The van der Waals surface area contributed by atoms with Crippen LogP contribution >= 0.6 is 0 Å². The van der Waals surface area contributed by atoms with Gasteiger partial charge in [0.2, 0.25) is 0 Å². The lowest BCUT2D eigenvalue weighted by molar-refractivity contribution is 0.251. The Morgan fingerprint density at radius 2 is 2.29 bits per heavy atom. The highest BCUT2D eigenvalue weighted by Crippen LogP contribution is 2.22. The molecule has 0 radical (unpaired) electrons. The van der Waals surface area contributed by atoms with E-state index >= 15 is 0 Å². The summed E-state index contributed by atoms with van der Waals surface area (Å²) in [4.78, 5) is 0. The molecule has 4 nitrogen and oxygen atoms in total. The van der Waals surface area contributed by atoms with Crippen LogP contribution < -0.4 is 4.74 Å². The van der Waals surface area contributed by atoms with Crippen molar-refractivity contribution in [1.82, 2.24) is 0 Å². The van der Waals surface area contributed by atoms with Crippen molar-refractivity contribution in [2.24, 2.45) is 5.16 Å². The van der Waals surface area contributed by atoms with Gasteiger partial charge in [0.25, 0.3) is 0 Å². The van der Waals surface area contributed by atoms with E-state index in [0.717, 1.165) is 5.56 Å². The summed E-state index contributed by atoms with van der Waals surface area (Å²) in [6.07, 6.45) is 0.127. The molecule has 1 N–H and O–H groups in total. The zero-order valence-corrected chi connectivity index (χ0v) is 10.3. The van der Waals surface area contributed by atoms with Gasteiger partial charge in [0.1, 0.15) is 11.8 Å².